The zero-order chi connectivity index (χ0) is 27.6. The van der Waals surface area contributed by atoms with Gasteiger partial charge in [0.15, 0.2) is 0 Å². The molecule has 0 aliphatic rings. The summed E-state index contributed by atoms with van der Waals surface area (Å²) < 4.78 is 38.6. The van der Waals surface area contributed by atoms with Gasteiger partial charge in [-0.25, -0.2) is 4.79 Å². The van der Waals surface area contributed by atoms with Crippen molar-refractivity contribution < 1.29 is 32.6 Å². The van der Waals surface area contributed by atoms with E-state index in [0.717, 1.165) is 5.56 Å². The first-order valence-corrected chi connectivity index (χ1v) is 11.0. The molecule has 37 heavy (non-hydrogen) atoms. The number of nitrogens with one attached hydrogen (secondary N) is 2. The lowest BCUT2D eigenvalue weighted by molar-refractivity contribution is -0.192. The van der Waals surface area contributed by atoms with E-state index < -0.39 is 12.1 Å². The van der Waals surface area contributed by atoms with Crippen molar-refractivity contribution >= 4 is 22.6 Å². The van der Waals surface area contributed by atoms with Gasteiger partial charge in [-0.2, -0.15) is 18.4 Å². The van der Waals surface area contributed by atoms with Gasteiger partial charge in [-0.1, -0.05) is 30.3 Å². The summed E-state index contributed by atoms with van der Waals surface area (Å²) in [7, 11) is 1.57. The number of methoxy groups -OCH3 is 1. The first kappa shape index (κ1) is 28.9. The number of benzene rings is 2. The lowest BCUT2D eigenvalue weighted by Gasteiger charge is -2.17. The third kappa shape index (κ3) is 7.81. The van der Waals surface area contributed by atoms with Gasteiger partial charge in [-0.15, -0.1) is 0 Å². The maximum atomic E-state index is 13.2. The van der Waals surface area contributed by atoms with Crippen molar-refractivity contribution in [1.29, 1.82) is 5.26 Å². The highest BCUT2D eigenvalue weighted by molar-refractivity contribution is 5.99. The van der Waals surface area contributed by atoms with Gasteiger partial charge in [0.05, 0.1) is 7.11 Å². The third-order valence-electron chi connectivity index (χ3n) is 5.08. The van der Waals surface area contributed by atoms with Crippen LogP contribution in [0.3, 0.4) is 0 Å². The summed E-state index contributed by atoms with van der Waals surface area (Å²) in [4.78, 5) is 33.0. The molecule has 0 radical (unpaired) electrons. The standard InChI is InChI=1S/C23H24N4O3.C2HF3O2/c1-16(28)26-11-10-25-12-13-27-21(15-24)22(17-6-4-3-5-7-17)20-14-18(30-2)8-9-19(20)23(27)29;3-2(4,5)1(6)7/h3-9,14,25H,10-13H2,1-2H3,(H,26,28);(H,6,7). The fourth-order valence-corrected chi connectivity index (χ4v) is 3.42. The van der Waals surface area contributed by atoms with Crippen LogP contribution in [0.4, 0.5) is 13.2 Å². The van der Waals surface area contributed by atoms with E-state index in [-0.39, 0.29) is 11.5 Å². The molecule has 0 atom stereocenters. The first-order chi connectivity index (χ1) is 17.5. The van der Waals surface area contributed by atoms with Crippen LogP contribution in [0, 0.1) is 11.3 Å². The van der Waals surface area contributed by atoms with E-state index in [9.17, 15) is 28.0 Å². The summed E-state index contributed by atoms with van der Waals surface area (Å²) in [6.07, 6.45) is -5.08. The molecular weight excluding hydrogens is 493 g/mol. The molecule has 0 aliphatic carbocycles. The molecule has 3 aromatic rings. The number of nitriles is 1. The Morgan fingerprint density at radius 2 is 1.73 bits per heavy atom. The van der Waals surface area contributed by atoms with Gasteiger partial charge in [-0.3, -0.25) is 14.2 Å². The summed E-state index contributed by atoms with van der Waals surface area (Å²) in [6.45, 7) is 3.37. The van der Waals surface area contributed by atoms with E-state index in [1.165, 1.54) is 11.5 Å². The summed E-state index contributed by atoms with van der Waals surface area (Å²) >= 11 is 0. The molecule has 0 aliphatic heterocycles. The Balaban J connectivity index is 0.000000604. The Bertz CT molecular complexity index is 1350. The zero-order valence-electron chi connectivity index (χ0n) is 20.1. The molecule has 0 unspecified atom stereocenters. The number of pyridine rings is 1. The fraction of sp³-hybridized carbons (Fsp3) is 0.280. The number of carboxylic acid groups (broad SMARTS) is 1. The van der Waals surface area contributed by atoms with Crippen LogP contribution < -0.4 is 20.9 Å². The van der Waals surface area contributed by atoms with Crippen molar-refractivity contribution in [3.63, 3.8) is 0 Å². The molecular formula is C25H25F3N4O5. The summed E-state index contributed by atoms with van der Waals surface area (Å²) in [5, 5.41) is 24.2. The minimum absolute atomic E-state index is 0.0859. The lowest BCUT2D eigenvalue weighted by atomic mass is 9.97. The Morgan fingerprint density at radius 1 is 1.08 bits per heavy atom. The molecule has 0 bridgehead atoms. The Morgan fingerprint density at radius 3 is 2.27 bits per heavy atom. The van der Waals surface area contributed by atoms with E-state index in [1.807, 2.05) is 30.3 Å². The fourth-order valence-electron chi connectivity index (χ4n) is 3.42. The number of ether oxygens (including phenoxy) is 1. The van der Waals surface area contributed by atoms with E-state index in [1.54, 1.807) is 25.3 Å². The SMILES string of the molecule is COc1ccc2c(=O)n(CCNCCNC(C)=O)c(C#N)c(-c3ccccc3)c2c1.O=C(O)C(F)(F)F. The monoisotopic (exact) mass is 518 g/mol. The predicted octanol–water partition coefficient (Wildman–Crippen LogP) is 2.91. The molecule has 1 amide bonds. The number of carboxylic acids is 1. The van der Waals surface area contributed by atoms with Crippen molar-refractivity contribution in [3.8, 4) is 22.9 Å². The number of hydrogen-bond donors (Lipinski definition) is 3. The molecule has 0 fully saturated rings. The molecule has 0 spiro atoms. The Labute approximate surface area is 210 Å². The van der Waals surface area contributed by atoms with E-state index >= 15 is 0 Å². The molecule has 0 saturated heterocycles. The average molecular weight is 518 g/mol. The molecule has 196 valence electrons. The molecule has 9 nitrogen and oxygen atoms in total. The highest BCUT2D eigenvalue weighted by Gasteiger charge is 2.38. The van der Waals surface area contributed by atoms with Gasteiger partial charge in [0.2, 0.25) is 5.91 Å². The smallest absolute Gasteiger partial charge is 0.490 e. The van der Waals surface area contributed by atoms with Crippen LogP contribution >= 0.6 is 0 Å². The van der Waals surface area contributed by atoms with Crippen molar-refractivity contribution in [2.24, 2.45) is 0 Å². The minimum atomic E-state index is -5.08. The number of hydrogen-bond acceptors (Lipinski definition) is 6. The second-order valence-electron chi connectivity index (χ2n) is 7.61. The number of carbonyl (C=O) groups is 2. The van der Waals surface area contributed by atoms with E-state index in [0.29, 0.717) is 54.0 Å². The Kier molecular flexibility index (Phi) is 10.2. The molecule has 12 heteroatoms. The van der Waals surface area contributed by atoms with Crippen LogP contribution in [0.1, 0.15) is 12.6 Å². The van der Waals surface area contributed by atoms with Crippen LogP contribution in [0.25, 0.3) is 21.9 Å². The molecule has 3 N–H and O–H groups in total. The van der Waals surface area contributed by atoms with Gasteiger partial charge >= 0.3 is 12.1 Å². The maximum Gasteiger partial charge on any atom is 0.490 e. The van der Waals surface area contributed by atoms with Crippen molar-refractivity contribution in [2.45, 2.75) is 19.6 Å². The average Bonchev–Trinajstić information content (AvgIpc) is 2.86. The number of aromatic nitrogens is 1. The first-order valence-electron chi connectivity index (χ1n) is 11.0. The molecule has 1 aromatic heterocycles. The van der Waals surface area contributed by atoms with Gasteiger partial charge in [0.25, 0.3) is 5.56 Å². The number of carbonyl (C=O) groups excluding carboxylic acids is 1. The third-order valence-corrected chi connectivity index (χ3v) is 5.08. The Hall–Kier alpha value is -4.37. The largest absolute Gasteiger partial charge is 0.497 e. The van der Waals surface area contributed by atoms with E-state index in [2.05, 4.69) is 16.7 Å². The van der Waals surface area contributed by atoms with Crippen LogP contribution in [-0.4, -0.2) is 54.5 Å². The van der Waals surface area contributed by atoms with Crippen LogP contribution in [0.5, 0.6) is 5.75 Å². The van der Waals surface area contributed by atoms with Gasteiger partial charge in [0, 0.05) is 49.4 Å². The zero-order valence-corrected chi connectivity index (χ0v) is 20.1. The number of amides is 1. The molecule has 1 heterocycles. The number of halogens is 3. The molecule has 0 saturated carbocycles. The van der Waals surface area contributed by atoms with Crippen LogP contribution in [0.2, 0.25) is 0 Å². The van der Waals surface area contributed by atoms with Crippen molar-refractivity contribution in [1.82, 2.24) is 15.2 Å². The van der Waals surface area contributed by atoms with Crippen LogP contribution in [-0.2, 0) is 16.1 Å². The summed E-state index contributed by atoms with van der Waals surface area (Å²) in [5.41, 5.74) is 1.67. The predicted molar refractivity (Wildman–Crippen MR) is 130 cm³/mol. The second-order valence-corrected chi connectivity index (χ2v) is 7.61. The van der Waals surface area contributed by atoms with Gasteiger partial charge in [0.1, 0.15) is 17.5 Å². The highest BCUT2D eigenvalue weighted by Crippen LogP contribution is 2.32. The summed E-state index contributed by atoms with van der Waals surface area (Å²) in [5.74, 6) is -2.22. The number of alkyl halides is 3. The molecule has 2 aromatic carbocycles. The summed E-state index contributed by atoms with van der Waals surface area (Å²) in [6, 6.07) is 17.1. The van der Waals surface area contributed by atoms with Gasteiger partial charge in [-0.05, 0) is 23.8 Å². The van der Waals surface area contributed by atoms with Crippen molar-refractivity contribution in [3.05, 3.63) is 64.6 Å². The van der Waals surface area contributed by atoms with Crippen molar-refractivity contribution in [2.75, 3.05) is 26.7 Å². The number of fused-ring (bicyclic) bond motifs is 1. The lowest BCUT2D eigenvalue weighted by Crippen LogP contribution is -2.34. The molecule has 3 rings (SSSR count). The topological polar surface area (TPSA) is 133 Å². The quantitative estimate of drug-likeness (QED) is 0.391. The van der Waals surface area contributed by atoms with Crippen LogP contribution in [0.15, 0.2) is 53.3 Å². The number of nitrogens with zero attached hydrogens (tertiary/aromatic N) is 2. The van der Waals surface area contributed by atoms with Gasteiger partial charge < -0.3 is 20.5 Å². The minimum Gasteiger partial charge on any atom is -0.497 e. The van der Waals surface area contributed by atoms with E-state index in [4.69, 9.17) is 14.6 Å². The highest BCUT2D eigenvalue weighted by atomic mass is 19.4. The number of rotatable bonds is 8. The number of aliphatic carboxylic acids is 1. The second kappa shape index (κ2) is 13.1. The normalized spacial score (nSPS) is 10.7. The maximum absolute atomic E-state index is 13.2.